The molecule has 0 amide bonds. The van der Waals surface area contributed by atoms with Gasteiger partial charge in [0.1, 0.15) is 5.82 Å². The van der Waals surface area contributed by atoms with Gasteiger partial charge in [-0.25, -0.2) is 4.98 Å². The van der Waals surface area contributed by atoms with Gasteiger partial charge in [0.05, 0.1) is 4.92 Å². The molecule has 2 rings (SSSR count). The van der Waals surface area contributed by atoms with Gasteiger partial charge in [0.25, 0.3) is 0 Å². The molecule has 18 heavy (non-hydrogen) atoms. The molecule has 0 radical (unpaired) electrons. The highest BCUT2D eigenvalue weighted by Crippen LogP contribution is 2.32. The molecular weight excluding hydrogens is 260 g/mol. The molecule has 1 aromatic heterocycles. The van der Waals surface area contributed by atoms with E-state index in [1.807, 2.05) is 0 Å². The van der Waals surface area contributed by atoms with Gasteiger partial charge in [-0.3, -0.25) is 10.1 Å². The lowest BCUT2D eigenvalue weighted by atomic mass is 10.3. The van der Waals surface area contributed by atoms with Crippen molar-refractivity contribution in [1.82, 2.24) is 9.97 Å². The lowest BCUT2D eigenvalue weighted by molar-refractivity contribution is -0.385. The zero-order chi connectivity index (χ0) is 13.1. The van der Waals surface area contributed by atoms with E-state index in [0.29, 0.717) is 5.02 Å². The minimum absolute atomic E-state index is 0.0434. The van der Waals surface area contributed by atoms with Gasteiger partial charge < -0.3 is 10.5 Å². The molecule has 0 spiro atoms. The number of rotatable bonds is 3. The van der Waals surface area contributed by atoms with Gasteiger partial charge in [0, 0.05) is 23.4 Å². The number of hydrogen-bond donors (Lipinski definition) is 1. The van der Waals surface area contributed by atoms with Crippen molar-refractivity contribution in [1.29, 1.82) is 0 Å². The topological polar surface area (TPSA) is 104 Å². The molecule has 0 atom stereocenters. The second-order valence-corrected chi connectivity index (χ2v) is 3.67. The maximum Gasteiger partial charge on any atom is 0.324 e. The Labute approximate surface area is 106 Å². The van der Waals surface area contributed by atoms with Crippen LogP contribution in [0.4, 0.5) is 11.5 Å². The molecule has 0 unspecified atom stereocenters. The number of ether oxygens (including phenoxy) is 1. The SMILES string of the molecule is Nc1ccnc(Oc2cc(Cl)ccc2[N+](=O)[O-])n1. The van der Waals surface area contributed by atoms with Gasteiger partial charge in [-0.2, -0.15) is 4.98 Å². The first-order chi connectivity index (χ1) is 8.56. The van der Waals surface area contributed by atoms with Crippen molar-refractivity contribution in [3.05, 3.63) is 45.6 Å². The molecular formula is C10H7ClN4O3. The van der Waals surface area contributed by atoms with Crippen LogP contribution < -0.4 is 10.5 Å². The van der Waals surface area contributed by atoms with E-state index in [0.717, 1.165) is 0 Å². The van der Waals surface area contributed by atoms with Gasteiger partial charge in [0.15, 0.2) is 0 Å². The second-order valence-electron chi connectivity index (χ2n) is 3.24. The number of nitrogens with zero attached hydrogens (tertiary/aromatic N) is 3. The molecule has 7 nitrogen and oxygen atoms in total. The zero-order valence-corrected chi connectivity index (χ0v) is 9.66. The Morgan fingerprint density at radius 2 is 2.17 bits per heavy atom. The monoisotopic (exact) mass is 266 g/mol. The van der Waals surface area contributed by atoms with Gasteiger partial charge in [0.2, 0.25) is 5.75 Å². The van der Waals surface area contributed by atoms with Crippen LogP contribution in [0.2, 0.25) is 5.02 Å². The summed E-state index contributed by atoms with van der Waals surface area (Å²) in [5.74, 6) is 0.155. The highest BCUT2D eigenvalue weighted by atomic mass is 35.5. The highest BCUT2D eigenvalue weighted by molar-refractivity contribution is 6.30. The summed E-state index contributed by atoms with van der Waals surface area (Å²) in [4.78, 5) is 17.8. The fourth-order valence-electron chi connectivity index (χ4n) is 1.22. The van der Waals surface area contributed by atoms with Crippen LogP contribution in [0.1, 0.15) is 0 Å². The van der Waals surface area contributed by atoms with Crippen molar-refractivity contribution >= 4 is 23.1 Å². The maximum atomic E-state index is 10.8. The number of hydrogen-bond acceptors (Lipinski definition) is 6. The first-order valence-electron chi connectivity index (χ1n) is 4.76. The standard InChI is InChI=1S/C10H7ClN4O3/c11-6-1-2-7(15(16)17)8(5-6)18-10-13-4-3-9(12)14-10/h1-5H,(H2,12,13,14). The van der Waals surface area contributed by atoms with Crippen LogP contribution in [0.15, 0.2) is 30.5 Å². The van der Waals surface area contributed by atoms with Crippen molar-refractivity contribution in [2.45, 2.75) is 0 Å². The number of nitrogen functional groups attached to an aromatic ring is 1. The Morgan fingerprint density at radius 1 is 1.39 bits per heavy atom. The molecule has 8 heteroatoms. The average molecular weight is 267 g/mol. The Balaban J connectivity index is 2.39. The summed E-state index contributed by atoms with van der Waals surface area (Å²) in [7, 11) is 0. The third-order valence-electron chi connectivity index (χ3n) is 1.97. The Morgan fingerprint density at radius 3 is 2.83 bits per heavy atom. The van der Waals surface area contributed by atoms with Gasteiger partial charge in [-0.05, 0) is 12.1 Å². The first-order valence-corrected chi connectivity index (χ1v) is 5.14. The van der Waals surface area contributed by atoms with E-state index < -0.39 is 4.92 Å². The molecule has 1 heterocycles. The van der Waals surface area contributed by atoms with Crippen LogP contribution in [-0.2, 0) is 0 Å². The summed E-state index contributed by atoms with van der Waals surface area (Å²) in [5.41, 5.74) is 5.22. The number of nitro groups is 1. The predicted octanol–water partition coefficient (Wildman–Crippen LogP) is 2.41. The molecule has 0 aliphatic heterocycles. The molecule has 0 aliphatic rings. The number of nitrogens with two attached hydrogens (primary N) is 1. The molecule has 1 aromatic carbocycles. The van der Waals surface area contributed by atoms with E-state index in [1.54, 1.807) is 0 Å². The highest BCUT2D eigenvalue weighted by Gasteiger charge is 2.17. The van der Waals surface area contributed by atoms with Crippen molar-refractivity contribution in [2.24, 2.45) is 0 Å². The van der Waals surface area contributed by atoms with Crippen LogP contribution >= 0.6 is 11.6 Å². The average Bonchev–Trinajstić information content (AvgIpc) is 2.28. The van der Waals surface area contributed by atoms with E-state index in [-0.39, 0.29) is 23.3 Å². The number of anilines is 1. The molecule has 0 aliphatic carbocycles. The summed E-state index contributed by atoms with van der Waals surface area (Å²) in [5, 5.41) is 11.1. The van der Waals surface area contributed by atoms with E-state index in [4.69, 9.17) is 22.1 Å². The number of nitro benzene ring substituents is 1. The Bertz CT molecular complexity index is 605. The molecule has 0 bridgehead atoms. The molecule has 2 N–H and O–H groups in total. The van der Waals surface area contributed by atoms with Crippen LogP contribution in [0, 0.1) is 10.1 Å². The van der Waals surface area contributed by atoms with E-state index >= 15 is 0 Å². The summed E-state index contributed by atoms with van der Waals surface area (Å²) in [6, 6.07) is 5.34. The second kappa shape index (κ2) is 4.84. The van der Waals surface area contributed by atoms with Gasteiger partial charge in [-0.1, -0.05) is 11.6 Å². The van der Waals surface area contributed by atoms with Crippen molar-refractivity contribution < 1.29 is 9.66 Å². The lowest BCUT2D eigenvalue weighted by Gasteiger charge is -2.04. The molecule has 2 aromatic rings. The number of aromatic nitrogens is 2. The quantitative estimate of drug-likeness (QED) is 0.676. The van der Waals surface area contributed by atoms with Crippen molar-refractivity contribution in [3.8, 4) is 11.8 Å². The summed E-state index contributed by atoms with van der Waals surface area (Å²) < 4.78 is 5.20. The molecule has 0 saturated carbocycles. The number of benzene rings is 1. The van der Waals surface area contributed by atoms with E-state index in [9.17, 15) is 10.1 Å². The first kappa shape index (κ1) is 12.1. The molecule has 0 saturated heterocycles. The van der Waals surface area contributed by atoms with E-state index in [1.165, 1.54) is 30.5 Å². The largest absolute Gasteiger partial charge is 0.417 e. The summed E-state index contributed by atoms with van der Waals surface area (Å²) in [6.07, 6.45) is 1.38. The van der Waals surface area contributed by atoms with Crippen LogP contribution in [0.3, 0.4) is 0 Å². The lowest BCUT2D eigenvalue weighted by Crippen LogP contribution is -1.98. The summed E-state index contributed by atoms with van der Waals surface area (Å²) >= 11 is 5.75. The smallest absolute Gasteiger partial charge is 0.324 e. The minimum Gasteiger partial charge on any atom is -0.417 e. The van der Waals surface area contributed by atoms with Crippen LogP contribution in [-0.4, -0.2) is 14.9 Å². The molecule has 0 fully saturated rings. The predicted molar refractivity (Wildman–Crippen MR) is 64.6 cm³/mol. The Kier molecular flexibility index (Phi) is 3.24. The normalized spacial score (nSPS) is 10.1. The third kappa shape index (κ3) is 2.64. The maximum absolute atomic E-state index is 10.8. The van der Waals surface area contributed by atoms with Crippen molar-refractivity contribution in [3.63, 3.8) is 0 Å². The Hall–Kier alpha value is -2.41. The van der Waals surface area contributed by atoms with Crippen LogP contribution in [0.5, 0.6) is 11.8 Å². The zero-order valence-electron chi connectivity index (χ0n) is 8.91. The molecule has 92 valence electrons. The fraction of sp³-hybridized carbons (Fsp3) is 0. The fourth-order valence-corrected chi connectivity index (χ4v) is 1.38. The van der Waals surface area contributed by atoms with Gasteiger partial charge in [-0.15, -0.1) is 0 Å². The number of halogens is 1. The van der Waals surface area contributed by atoms with E-state index in [2.05, 4.69) is 9.97 Å². The van der Waals surface area contributed by atoms with Gasteiger partial charge >= 0.3 is 11.7 Å². The van der Waals surface area contributed by atoms with Crippen LogP contribution in [0.25, 0.3) is 0 Å². The summed E-state index contributed by atoms with van der Waals surface area (Å²) in [6.45, 7) is 0. The minimum atomic E-state index is -0.585. The van der Waals surface area contributed by atoms with Crippen molar-refractivity contribution in [2.75, 3.05) is 5.73 Å². The third-order valence-corrected chi connectivity index (χ3v) is 2.21.